The lowest BCUT2D eigenvalue weighted by Crippen LogP contribution is -2.01. The monoisotopic (exact) mass is 328 g/mol. The van der Waals surface area contributed by atoms with Crippen molar-refractivity contribution in [1.29, 1.82) is 0 Å². The van der Waals surface area contributed by atoms with Crippen LogP contribution in [0.5, 0.6) is 0 Å². The van der Waals surface area contributed by atoms with Crippen molar-refractivity contribution in [3.8, 4) is 23.7 Å². The summed E-state index contributed by atoms with van der Waals surface area (Å²) in [4.78, 5) is 11.6. The molecule has 0 radical (unpaired) electrons. The Labute approximate surface area is 149 Å². The van der Waals surface area contributed by atoms with Crippen LogP contribution < -0.4 is 0 Å². The van der Waals surface area contributed by atoms with Crippen LogP contribution in [0.25, 0.3) is 6.08 Å². The summed E-state index contributed by atoms with van der Waals surface area (Å²) in [6.45, 7) is 2.52. The Morgan fingerprint density at radius 1 is 1.00 bits per heavy atom. The average molecular weight is 328 g/mol. The van der Waals surface area contributed by atoms with E-state index in [-0.39, 0.29) is 5.97 Å². The first-order valence-electron chi connectivity index (χ1n) is 8.30. The van der Waals surface area contributed by atoms with Crippen LogP contribution in [-0.4, -0.2) is 12.6 Å². The molecule has 2 nitrogen and oxygen atoms in total. The van der Waals surface area contributed by atoms with Gasteiger partial charge in [-0.2, -0.15) is 0 Å². The molecule has 0 unspecified atom stereocenters. The number of carbonyl (C=O) groups is 1. The molecule has 0 amide bonds. The Hall–Kier alpha value is -3.23. The number of carbonyl (C=O) groups excluding carboxylic acids is 1. The highest BCUT2D eigenvalue weighted by molar-refractivity contribution is 5.87. The summed E-state index contributed by atoms with van der Waals surface area (Å²) in [5.41, 5.74) is 2.69. The molecule has 0 saturated carbocycles. The van der Waals surface area contributed by atoms with E-state index in [2.05, 4.69) is 30.6 Å². The van der Waals surface area contributed by atoms with Crippen LogP contribution in [0.1, 0.15) is 36.5 Å². The maximum Gasteiger partial charge on any atom is 0.330 e. The lowest BCUT2D eigenvalue weighted by atomic mass is 10.1. The molecule has 0 fully saturated rings. The number of hydrogen-bond donors (Lipinski definition) is 0. The molecule has 0 aliphatic heterocycles. The van der Waals surface area contributed by atoms with Gasteiger partial charge in [0.15, 0.2) is 0 Å². The largest absolute Gasteiger partial charge is 0.463 e. The molecule has 0 spiro atoms. The molecule has 2 aromatic rings. The van der Waals surface area contributed by atoms with Crippen LogP contribution in [0.15, 0.2) is 60.7 Å². The lowest BCUT2D eigenvalue weighted by molar-refractivity contribution is -0.137. The molecule has 0 aliphatic rings. The van der Waals surface area contributed by atoms with Crippen molar-refractivity contribution in [1.82, 2.24) is 0 Å². The van der Waals surface area contributed by atoms with Crippen molar-refractivity contribution in [3.63, 3.8) is 0 Å². The van der Waals surface area contributed by atoms with Gasteiger partial charge < -0.3 is 4.74 Å². The minimum Gasteiger partial charge on any atom is -0.463 e. The lowest BCUT2D eigenvalue weighted by Gasteiger charge is -1.99. The van der Waals surface area contributed by atoms with Gasteiger partial charge >= 0.3 is 5.97 Å². The Balaban J connectivity index is 1.97. The molecule has 2 heteroatoms. The van der Waals surface area contributed by atoms with Crippen LogP contribution in [0.4, 0.5) is 0 Å². The molecule has 25 heavy (non-hydrogen) atoms. The molecule has 0 aliphatic carbocycles. The van der Waals surface area contributed by atoms with Gasteiger partial charge in [0.05, 0.1) is 6.61 Å². The first kappa shape index (κ1) is 18.1. The molecule has 2 rings (SSSR count). The second-order valence-electron chi connectivity index (χ2n) is 5.35. The number of esters is 1. The topological polar surface area (TPSA) is 26.3 Å². The summed E-state index contributed by atoms with van der Waals surface area (Å²) in [5, 5.41) is 0. The average Bonchev–Trinajstić information content (AvgIpc) is 2.65. The maximum absolute atomic E-state index is 11.6. The van der Waals surface area contributed by atoms with Gasteiger partial charge in [0.25, 0.3) is 0 Å². The highest BCUT2D eigenvalue weighted by atomic mass is 16.5. The van der Waals surface area contributed by atoms with Crippen LogP contribution in [0.2, 0.25) is 0 Å². The first-order valence-corrected chi connectivity index (χ1v) is 8.30. The highest BCUT2D eigenvalue weighted by Gasteiger charge is 1.96. The van der Waals surface area contributed by atoms with E-state index < -0.39 is 0 Å². The van der Waals surface area contributed by atoms with Gasteiger partial charge in [-0.3, -0.25) is 0 Å². The number of unbranched alkanes of at least 4 members (excludes halogenated alkanes) is 1. The van der Waals surface area contributed by atoms with Crippen LogP contribution in [-0.2, 0) is 9.53 Å². The second-order valence-corrected chi connectivity index (χ2v) is 5.35. The predicted octanol–water partition coefficient (Wildman–Crippen LogP) is 4.45. The molecular formula is C23H20O2. The Bertz CT molecular complexity index is 840. The molecule has 0 saturated heterocycles. The summed E-state index contributed by atoms with van der Waals surface area (Å²) >= 11 is 0. The van der Waals surface area contributed by atoms with Crippen molar-refractivity contribution in [2.24, 2.45) is 0 Å². The minimum absolute atomic E-state index is 0.321. The van der Waals surface area contributed by atoms with Gasteiger partial charge in [0, 0.05) is 17.2 Å². The van der Waals surface area contributed by atoms with Gasteiger partial charge in [-0.1, -0.05) is 55.5 Å². The summed E-state index contributed by atoms with van der Waals surface area (Å²) < 4.78 is 5.08. The molecule has 0 aromatic heterocycles. The number of hydrogen-bond acceptors (Lipinski definition) is 2. The molecule has 124 valence electrons. The van der Waals surface area contributed by atoms with E-state index in [1.807, 2.05) is 54.6 Å². The number of benzene rings is 2. The zero-order valence-electron chi connectivity index (χ0n) is 14.3. The molecular weight excluding hydrogens is 308 g/mol. The van der Waals surface area contributed by atoms with Crippen molar-refractivity contribution < 1.29 is 9.53 Å². The summed E-state index contributed by atoms with van der Waals surface area (Å²) in [6, 6.07) is 17.4. The van der Waals surface area contributed by atoms with Crippen molar-refractivity contribution in [2.75, 3.05) is 6.61 Å². The standard InChI is InChI=1S/C23H20O2/c1-2-3-18-25-23(24)17-16-22-15-9-14-21(19-22)13-8-7-12-20-10-5-4-6-11-20/h4-6,9-11,14-17,19H,2-3,18H2,1H3/b17-16+. The quantitative estimate of drug-likeness (QED) is 0.351. The van der Waals surface area contributed by atoms with E-state index in [0.717, 1.165) is 29.5 Å². The van der Waals surface area contributed by atoms with Gasteiger partial charge in [-0.05, 0) is 54.2 Å². The van der Waals surface area contributed by atoms with Crippen molar-refractivity contribution in [2.45, 2.75) is 19.8 Å². The van der Waals surface area contributed by atoms with Crippen LogP contribution >= 0.6 is 0 Å². The van der Waals surface area contributed by atoms with Gasteiger partial charge in [0.2, 0.25) is 0 Å². The van der Waals surface area contributed by atoms with Gasteiger partial charge in [-0.25, -0.2) is 4.79 Å². The van der Waals surface area contributed by atoms with Gasteiger partial charge in [0.1, 0.15) is 0 Å². The van der Waals surface area contributed by atoms with Crippen LogP contribution in [0, 0.1) is 23.7 Å². The number of rotatable bonds is 5. The zero-order valence-corrected chi connectivity index (χ0v) is 14.3. The van der Waals surface area contributed by atoms with Crippen molar-refractivity contribution >= 4 is 12.0 Å². The normalized spacial score (nSPS) is 9.64. The molecule has 0 N–H and O–H groups in total. The fraction of sp³-hybridized carbons (Fsp3) is 0.174. The van der Waals surface area contributed by atoms with Crippen LogP contribution in [0.3, 0.4) is 0 Å². The van der Waals surface area contributed by atoms with E-state index in [4.69, 9.17) is 4.74 Å². The maximum atomic E-state index is 11.6. The van der Waals surface area contributed by atoms with E-state index in [0.29, 0.717) is 6.61 Å². The third-order valence-electron chi connectivity index (χ3n) is 3.29. The Morgan fingerprint density at radius 2 is 1.72 bits per heavy atom. The zero-order chi connectivity index (χ0) is 17.7. The SMILES string of the molecule is CCCCOC(=O)/C=C/c1cccc(C#CC#Cc2ccccc2)c1. The molecule has 0 heterocycles. The van der Waals surface area contributed by atoms with E-state index in [9.17, 15) is 4.79 Å². The van der Waals surface area contributed by atoms with Crippen molar-refractivity contribution in [3.05, 3.63) is 77.4 Å². The molecule has 2 aromatic carbocycles. The molecule has 0 atom stereocenters. The smallest absolute Gasteiger partial charge is 0.330 e. The number of ether oxygens (including phenoxy) is 1. The third kappa shape index (κ3) is 7.25. The minimum atomic E-state index is -0.321. The van der Waals surface area contributed by atoms with E-state index in [1.165, 1.54) is 6.08 Å². The Kier molecular flexibility index (Phi) is 7.63. The summed E-state index contributed by atoms with van der Waals surface area (Å²) in [6.07, 6.45) is 5.06. The van der Waals surface area contributed by atoms with E-state index in [1.54, 1.807) is 6.08 Å². The molecule has 0 bridgehead atoms. The second kappa shape index (κ2) is 10.5. The summed E-state index contributed by atoms with van der Waals surface area (Å²) in [7, 11) is 0. The predicted molar refractivity (Wildman–Crippen MR) is 102 cm³/mol. The fourth-order valence-corrected chi connectivity index (χ4v) is 1.98. The fourth-order valence-electron chi connectivity index (χ4n) is 1.98. The highest BCUT2D eigenvalue weighted by Crippen LogP contribution is 2.06. The first-order chi connectivity index (χ1) is 12.3. The van der Waals surface area contributed by atoms with E-state index >= 15 is 0 Å². The Morgan fingerprint density at radius 3 is 2.48 bits per heavy atom. The van der Waals surface area contributed by atoms with Gasteiger partial charge in [-0.15, -0.1) is 0 Å². The summed E-state index contributed by atoms with van der Waals surface area (Å²) in [5.74, 6) is 11.4. The third-order valence-corrected chi connectivity index (χ3v) is 3.29.